The molecule has 0 radical (unpaired) electrons. The molecule has 0 aromatic carbocycles. The summed E-state index contributed by atoms with van der Waals surface area (Å²) in [6, 6.07) is 0. The minimum atomic E-state index is -4.61. The van der Waals surface area contributed by atoms with Gasteiger partial charge in [-0.2, -0.15) is 0 Å². The van der Waals surface area contributed by atoms with Crippen LogP contribution in [0, 0.1) is 11.8 Å². The molecule has 0 rings (SSSR count). The minimum Gasteiger partial charge on any atom is -0.726 e. The zero-order chi connectivity index (χ0) is 56.0. The normalized spacial score (nSPS) is 12.9. The summed E-state index contributed by atoms with van der Waals surface area (Å²) in [7, 11) is -9.23. The molecule has 0 bridgehead atoms. The third-order valence-electron chi connectivity index (χ3n) is 15.5. The van der Waals surface area contributed by atoms with Crippen LogP contribution in [0.5, 0.6) is 0 Å². The summed E-state index contributed by atoms with van der Waals surface area (Å²) in [6.07, 6.45) is 79.4. The molecule has 2 unspecified atom stereocenters. The molecule has 0 aliphatic rings. The van der Waals surface area contributed by atoms with Gasteiger partial charge in [-0.3, -0.25) is 8.37 Å². The Hall–Kier alpha value is 0.480. The number of hydrogen-bond donors (Lipinski definition) is 0. The second-order valence-corrected chi connectivity index (χ2v) is 25.3. The SMILES string of the molecule is CCCCCCCCCCCCCCCCCCCC/C=C/C(CCCCCCCCC)COS(=O)(=O)[O-].CCCCCCCCCCCCCCCCCCCC/C=C/C(CCCCCCCCC)COS(=O)(=O)[O-].[Ca+2]. The largest absolute Gasteiger partial charge is 2.00 e. The van der Waals surface area contributed by atoms with Gasteiger partial charge in [-0.05, 0) is 38.5 Å². The second kappa shape index (κ2) is 67.3. The molecule has 0 aromatic rings. The topological polar surface area (TPSA) is 133 Å². The summed E-state index contributed by atoms with van der Waals surface area (Å²) < 4.78 is 74.3. The van der Waals surface area contributed by atoms with Crippen LogP contribution in [0.25, 0.3) is 0 Å². The van der Waals surface area contributed by atoms with Crippen LogP contribution in [-0.2, 0) is 29.2 Å². The van der Waals surface area contributed by atoms with E-state index in [1.54, 1.807) is 0 Å². The zero-order valence-corrected chi connectivity index (χ0v) is 55.7. The molecule has 0 aromatic heterocycles. The Bertz CT molecular complexity index is 1290. The summed E-state index contributed by atoms with van der Waals surface area (Å²) in [6.45, 7) is 8.98. The first-order valence-electron chi connectivity index (χ1n) is 33.5. The molecule has 0 aliphatic heterocycles. The molecule has 0 amide bonds. The van der Waals surface area contributed by atoms with Gasteiger partial charge in [-0.15, -0.1) is 0 Å². The fourth-order valence-electron chi connectivity index (χ4n) is 10.4. The van der Waals surface area contributed by atoms with Crippen molar-refractivity contribution >= 4 is 58.5 Å². The van der Waals surface area contributed by atoms with Crippen molar-refractivity contribution in [2.45, 2.75) is 374 Å². The fourth-order valence-corrected chi connectivity index (χ4v) is 11.1. The van der Waals surface area contributed by atoms with Gasteiger partial charge in [0.2, 0.25) is 20.8 Å². The van der Waals surface area contributed by atoms with Crippen LogP contribution in [0.15, 0.2) is 24.3 Å². The maximum Gasteiger partial charge on any atom is 2.00 e. The summed E-state index contributed by atoms with van der Waals surface area (Å²) >= 11 is 0. The second-order valence-electron chi connectivity index (χ2n) is 23.2. The van der Waals surface area contributed by atoms with Crippen molar-refractivity contribution in [1.29, 1.82) is 0 Å². The Kier molecular flexibility index (Phi) is 71.4. The molecule has 0 N–H and O–H groups in total. The van der Waals surface area contributed by atoms with Gasteiger partial charge in [0.15, 0.2) is 0 Å². The average Bonchev–Trinajstić information content (AvgIpc) is 3.39. The first kappa shape index (κ1) is 81.7. The number of allylic oxidation sites excluding steroid dienone is 2. The van der Waals surface area contributed by atoms with Crippen molar-refractivity contribution in [3.05, 3.63) is 24.3 Å². The Morgan fingerprint density at radius 2 is 0.455 bits per heavy atom. The standard InChI is InChI=1S/2C33H66O4S.Ca/c2*1-3-5-7-9-11-12-13-14-15-16-17-18-19-20-21-22-23-25-27-29-31-33(32-37-38(34,35)36)30-28-26-24-10-8-6-4-2;/h2*29,31,33H,3-28,30,32H2,1-2H3,(H,34,35,36);/q;;+2/p-2/b2*31-29+;. The van der Waals surface area contributed by atoms with E-state index in [0.717, 1.165) is 51.4 Å². The molecule has 77 heavy (non-hydrogen) atoms. The molecule has 0 aliphatic carbocycles. The summed E-state index contributed by atoms with van der Waals surface area (Å²) in [4.78, 5) is 0. The van der Waals surface area contributed by atoms with Crippen LogP contribution < -0.4 is 0 Å². The van der Waals surface area contributed by atoms with Gasteiger partial charge in [-0.1, -0.05) is 360 Å². The van der Waals surface area contributed by atoms with Crippen LogP contribution >= 0.6 is 0 Å². The summed E-state index contributed by atoms with van der Waals surface area (Å²) in [5, 5.41) is 0. The van der Waals surface area contributed by atoms with E-state index in [1.807, 2.05) is 0 Å². The maximum absolute atomic E-state index is 10.9. The van der Waals surface area contributed by atoms with Crippen molar-refractivity contribution < 1.29 is 34.3 Å². The van der Waals surface area contributed by atoms with Crippen molar-refractivity contribution in [3.8, 4) is 0 Å². The van der Waals surface area contributed by atoms with Gasteiger partial charge < -0.3 is 9.11 Å². The number of hydrogen-bond acceptors (Lipinski definition) is 8. The molecule has 0 spiro atoms. The molecule has 8 nitrogen and oxygen atoms in total. The van der Waals surface area contributed by atoms with Gasteiger partial charge in [0.1, 0.15) is 0 Å². The van der Waals surface area contributed by atoms with E-state index in [4.69, 9.17) is 0 Å². The minimum absolute atomic E-state index is 0. The molecule has 456 valence electrons. The Morgan fingerprint density at radius 3 is 0.636 bits per heavy atom. The van der Waals surface area contributed by atoms with E-state index in [9.17, 15) is 25.9 Å². The van der Waals surface area contributed by atoms with Gasteiger partial charge in [0.05, 0.1) is 13.2 Å². The summed E-state index contributed by atoms with van der Waals surface area (Å²) in [5.74, 6) is 0.0369. The molecule has 0 fully saturated rings. The molecule has 0 heterocycles. The van der Waals surface area contributed by atoms with E-state index < -0.39 is 20.8 Å². The molecule has 0 saturated carbocycles. The fraction of sp³-hybridized carbons (Fsp3) is 0.939. The van der Waals surface area contributed by atoms with Crippen LogP contribution in [0.2, 0.25) is 0 Å². The number of unbranched alkanes of at least 4 members (excludes halogenated alkanes) is 48. The van der Waals surface area contributed by atoms with Gasteiger partial charge in [0, 0.05) is 11.8 Å². The van der Waals surface area contributed by atoms with Gasteiger partial charge in [-0.25, -0.2) is 16.8 Å². The van der Waals surface area contributed by atoms with E-state index in [0.29, 0.717) is 0 Å². The molecular formula is C66H130CaO8S2. The Labute approximate surface area is 512 Å². The first-order chi connectivity index (χ1) is 37.0. The van der Waals surface area contributed by atoms with E-state index in [-0.39, 0.29) is 62.8 Å². The molecule has 0 saturated heterocycles. The molecular weight excluding hydrogens is 1020 g/mol. The Morgan fingerprint density at radius 1 is 0.286 bits per heavy atom. The quantitative estimate of drug-likeness (QED) is 0.0193. The number of rotatable bonds is 62. The van der Waals surface area contributed by atoms with E-state index in [2.05, 4.69) is 60.4 Å². The van der Waals surface area contributed by atoms with Crippen molar-refractivity contribution in [2.24, 2.45) is 11.8 Å². The van der Waals surface area contributed by atoms with Gasteiger partial charge in [0.25, 0.3) is 0 Å². The van der Waals surface area contributed by atoms with Crippen LogP contribution in [0.4, 0.5) is 0 Å². The summed E-state index contributed by atoms with van der Waals surface area (Å²) in [5.41, 5.74) is 0. The monoisotopic (exact) mass is 1150 g/mol. The third kappa shape index (κ3) is 76.5. The molecule has 11 heteroatoms. The predicted octanol–water partition coefficient (Wildman–Crippen LogP) is 22.0. The van der Waals surface area contributed by atoms with Crippen LogP contribution in [-0.4, -0.2) is 76.9 Å². The zero-order valence-electron chi connectivity index (χ0n) is 51.9. The van der Waals surface area contributed by atoms with Crippen molar-refractivity contribution in [1.82, 2.24) is 0 Å². The van der Waals surface area contributed by atoms with Crippen molar-refractivity contribution in [2.75, 3.05) is 13.2 Å². The van der Waals surface area contributed by atoms with Gasteiger partial charge >= 0.3 is 37.7 Å². The third-order valence-corrected chi connectivity index (χ3v) is 16.3. The van der Waals surface area contributed by atoms with Crippen LogP contribution in [0.1, 0.15) is 374 Å². The first-order valence-corrected chi connectivity index (χ1v) is 36.2. The smallest absolute Gasteiger partial charge is 0.726 e. The Balaban J connectivity index is -0.00000140. The van der Waals surface area contributed by atoms with E-state index in [1.165, 1.54) is 295 Å². The predicted molar refractivity (Wildman–Crippen MR) is 334 cm³/mol. The maximum atomic E-state index is 10.9. The van der Waals surface area contributed by atoms with Crippen molar-refractivity contribution in [3.63, 3.8) is 0 Å². The molecule has 2 atom stereocenters. The average molecular weight is 1160 g/mol. The van der Waals surface area contributed by atoms with Crippen LogP contribution in [0.3, 0.4) is 0 Å². The van der Waals surface area contributed by atoms with E-state index >= 15 is 0 Å².